The first-order chi connectivity index (χ1) is 17.9. The molecule has 4 aliphatic rings. The van der Waals surface area contributed by atoms with Crippen LogP contribution in [0.2, 0.25) is 0 Å². The van der Waals surface area contributed by atoms with Gasteiger partial charge < -0.3 is 14.9 Å². The monoisotopic (exact) mass is 522 g/mol. The van der Waals surface area contributed by atoms with E-state index in [1.165, 1.54) is 5.57 Å². The minimum absolute atomic E-state index is 0.00707. The van der Waals surface area contributed by atoms with Crippen LogP contribution >= 0.6 is 0 Å². The Morgan fingerprint density at radius 2 is 1.97 bits per heavy atom. The van der Waals surface area contributed by atoms with Gasteiger partial charge in [0.05, 0.1) is 24.5 Å². The van der Waals surface area contributed by atoms with E-state index in [2.05, 4.69) is 37.3 Å². The van der Waals surface area contributed by atoms with Crippen LogP contribution in [0, 0.1) is 33.5 Å². The molecular weight excluding hydrogens is 480 g/mol. The number of carbonyl (C=O) groups is 2. The molecular formula is C31H42N2O5. The summed E-state index contributed by atoms with van der Waals surface area (Å²) in [4.78, 5) is 25.1. The highest BCUT2D eigenvalue weighted by atomic mass is 16.5. The number of ether oxygens (including phenoxy) is 1. The van der Waals surface area contributed by atoms with Crippen molar-refractivity contribution in [3.63, 3.8) is 0 Å². The predicted octanol–water partition coefficient (Wildman–Crippen LogP) is 3.93. The van der Waals surface area contributed by atoms with E-state index in [1.807, 2.05) is 26.1 Å². The third kappa shape index (κ3) is 2.88. The van der Waals surface area contributed by atoms with Crippen LogP contribution in [-0.2, 0) is 27.3 Å². The SMILES string of the molecule is C=C[C@]12[C@@H](OC)C[C@@]3(C)[C@@](C=C)(C[C@@H](C)[C@]3(O)C(=O)CO)[C@@H]1CCC1=Cc3c(cnn3CC(C)=O)C[C@@]12C. The molecule has 1 heterocycles. The van der Waals surface area contributed by atoms with Gasteiger partial charge in [0.1, 0.15) is 12.2 Å². The molecule has 5 rings (SSSR count). The molecule has 0 spiro atoms. The fourth-order valence-electron chi connectivity index (χ4n) is 9.98. The minimum Gasteiger partial charge on any atom is -0.388 e. The van der Waals surface area contributed by atoms with Gasteiger partial charge >= 0.3 is 0 Å². The Morgan fingerprint density at radius 3 is 2.55 bits per heavy atom. The molecule has 0 radical (unpaired) electrons. The van der Waals surface area contributed by atoms with E-state index in [0.717, 1.165) is 30.5 Å². The first-order valence-corrected chi connectivity index (χ1v) is 13.8. The van der Waals surface area contributed by atoms with E-state index in [0.29, 0.717) is 12.8 Å². The van der Waals surface area contributed by atoms with Gasteiger partial charge in [0.15, 0.2) is 11.6 Å². The number of ketones is 2. The first-order valence-electron chi connectivity index (χ1n) is 13.8. The lowest BCUT2D eigenvalue weighted by atomic mass is 9.34. The molecule has 0 aromatic carbocycles. The number of methoxy groups -OCH3 is 1. The highest BCUT2D eigenvalue weighted by Gasteiger charge is 2.79. The first kappa shape index (κ1) is 27.2. The summed E-state index contributed by atoms with van der Waals surface area (Å²) in [5.41, 5.74) is -0.595. The molecule has 7 heteroatoms. The fraction of sp³-hybridized carbons (Fsp3) is 0.645. The van der Waals surface area contributed by atoms with Gasteiger partial charge in [0.2, 0.25) is 0 Å². The maximum absolute atomic E-state index is 13.2. The third-order valence-electron chi connectivity index (χ3n) is 11.7. The molecule has 7 nitrogen and oxygen atoms in total. The van der Waals surface area contributed by atoms with Crippen LogP contribution in [-0.4, -0.2) is 57.0 Å². The van der Waals surface area contributed by atoms with Crippen molar-refractivity contribution in [1.82, 2.24) is 9.78 Å². The van der Waals surface area contributed by atoms with Gasteiger partial charge in [-0.2, -0.15) is 5.10 Å². The number of allylic oxidation sites excluding steroid dienone is 2. The molecule has 1 aromatic heterocycles. The van der Waals surface area contributed by atoms with Crippen molar-refractivity contribution < 1.29 is 24.5 Å². The minimum atomic E-state index is -1.69. The zero-order valence-electron chi connectivity index (χ0n) is 23.4. The summed E-state index contributed by atoms with van der Waals surface area (Å²) >= 11 is 0. The standard InChI is InChI=1S/C31H42N2O5/c1-8-29-13-19(3)31(37,25(36)18-34)28(29,6)15-26(38-7)30(9-2)24(29)11-10-22-12-23-21(14-27(22,30)5)16-32-33(23)17-20(4)35/h8-9,12,16,19,24,26,34,37H,1-2,10-11,13-15,17-18H2,3-7H3/t19-,24+,26+,27+,28+,29+,30-,31+/m1/s1. The number of Topliss-reactive ketones (excluding diaryl/α,β-unsaturated/α-hetero) is 2. The number of hydrogen-bond donors (Lipinski definition) is 2. The van der Waals surface area contributed by atoms with Gasteiger partial charge in [-0.15, -0.1) is 13.2 Å². The molecule has 4 aliphatic carbocycles. The molecule has 206 valence electrons. The van der Waals surface area contributed by atoms with E-state index in [4.69, 9.17) is 4.74 Å². The second kappa shape index (κ2) is 8.57. The van der Waals surface area contributed by atoms with E-state index in [-0.39, 0.29) is 35.7 Å². The molecule has 8 atom stereocenters. The zero-order chi connectivity index (χ0) is 27.9. The zero-order valence-corrected chi connectivity index (χ0v) is 23.4. The normalized spacial score (nSPS) is 43.2. The quantitative estimate of drug-likeness (QED) is 0.526. The van der Waals surface area contributed by atoms with Crippen molar-refractivity contribution in [2.75, 3.05) is 13.7 Å². The Kier molecular flexibility index (Phi) is 6.14. The Morgan fingerprint density at radius 1 is 1.26 bits per heavy atom. The Hall–Kier alpha value is -2.35. The van der Waals surface area contributed by atoms with Crippen LogP contribution in [0.1, 0.15) is 64.6 Å². The number of rotatable bonds is 7. The highest BCUT2D eigenvalue weighted by molar-refractivity contribution is 5.90. The maximum Gasteiger partial charge on any atom is 0.190 e. The van der Waals surface area contributed by atoms with Crippen LogP contribution in [0.3, 0.4) is 0 Å². The lowest BCUT2D eigenvalue weighted by Crippen LogP contribution is -2.71. The summed E-state index contributed by atoms with van der Waals surface area (Å²) in [6.45, 7) is 16.1. The number of fused-ring (bicyclic) bond motifs is 6. The summed E-state index contributed by atoms with van der Waals surface area (Å²) in [6, 6.07) is 0. The van der Waals surface area contributed by atoms with Gasteiger partial charge in [-0.3, -0.25) is 14.3 Å². The van der Waals surface area contributed by atoms with Gasteiger partial charge in [-0.25, -0.2) is 0 Å². The number of hydrogen-bond acceptors (Lipinski definition) is 6. The largest absolute Gasteiger partial charge is 0.388 e. The molecule has 3 saturated carbocycles. The highest BCUT2D eigenvalue weighted by Crippen LogP contribution is 2.79. The Bertz CT molecular complexity index is 1250. The predicted molar refractivity (Wildman–Crippen MR) is 145 cm³/mol. The lowest BCUT2D eigenvalue weighted by molar-refractivity contribution is -0.231. The van der Waals surface area contributed by atoms with E-state index in [9.17, 15) is 19.8 Å². The topological polar surface area (TPSA) is 102 Å². The average Bonchev–Trinajstić information content (AvgIpc) is 3.34. The molecule has 0 saturated heterocycles. The van der Waals surface area contributed by atoms with E-state index >= 15 is 0 Å². The Balaban J connectivity index is 1.72. The molecule has 3 fully saturated rings. The second-order valence-corrected chi connectivity index (χ2v) is 12.8. The van der Waals surface area contributed by atoms with Crippen LogP contribution in [0.4, 0.5) is 0 Å². The molecule has 0 aliphatic heterocycles. The number of aliphatic hydroxyl groups excluding tert-OH is 1. The van der Waals surface area contributed by atoms with Gasteiger partial charge in [0.25, 0.3) is 0 Å². The fourth-order valence-corrected chi connectivity index (χ4v) is 9.98. The van der Waals surface area contributed by atoms with Crippen LogP contribution < -0.4 is 0 Å². The summed E-state index contributed by atoms with van der Waals surface area (Å²) < 4.78 is 8.14. The van der Waals surface area contributed by atoms with Crippen molar-refractivity contribution in [1.29, 1.82) is 0 Å². The van der Waals surface area contributed by atoms with Crippen LogP contribution in [0.25, 0.3) is 6.08 Å². The summed E-state index contributed by atoms with van der Waals surface area (Å²) in [7, 11) is 1.71. The average molecular weight is 523 g/mol. The van der Waals surface area contributed by atoms with Crippen molar-refractivity contribution in [2.24, 2.45) is 33.5 Å². The van der Waals surface area contributed by atoms with Crippen molar-refractivity contribution in [2.45, 2.75) is 78.0 Å². The smallest absolute Gasteiger partial charge is 0.190 e. The van der Waals surface area contributed by atoms with Crippen molar-refractivity contribution in [3.8, 4) is 0 Å². The van der Waals surface area contributed by atoms with Crippen LogP contribution in [0.15, 0.2) is 37.1 Å². The van der Waals surface area contributed by atoms with E-state index in [1.54, 1.807) is 18.7 Å². The van der Waals surface area contributed by atoms with Crippen molar-refractivity contribution in [3.05, 3.63) is 48.3 Å². The molecule has 0 amide bonds. The summed E-state index contributed by atoms with van der Waals surface area (Å²) in [6.07, 6.45) is 11.3. The van der Waals surface area contributed by atoms with E-state index < -0.39 is 34.2 Å². The number of aromatic nitrogens is 2. The van der Waals surface area contributed by atoms with Gasteiger partial charge in [-0.1, -0.05) is 38.5 Å². The lowest BCUT2D eigenvalue weighted by Gasteiger charge is -2.70. The van der Waals surface area contributed by atoms with Gasteiger partial charge in [-0.05, 0) is 62.5 Å². The molecule has 1 aromatic rings. The third-order valence-corrected chi connectivity index (χ3v) is 11.7. The van der Waals surface area contributed by atoms with Crippen LogP contribution in [0.5, 0.6) is 0 Å². The molecule has 38 heavy (non-hydrogen) atoms. The maximum atomic E-state index is 13.2. The molecule has 2 N–H and O–H groups in total. The number of nitrogens with zero attached hydrogens (tertiary/aromatic N) is 2. The molecule has 0 bridgehead atoms. The summed E-state index contributed by atoms with van der Waals surface area (Å²) in [5.74, 6) is -0.809. The number of carbonyl (C=O) groups excluding carboxylic acids is 2. The Labute approximate surface area is 225 Å². The van der Waals surface area contributed by atoms with Crippen molar-refractivity contribution >= 4 is 17.6 Å². The summed E-state index contributed by atoms with van der Waals surface area (Å²) in [5, 5.41) is 26.6. The van der Waals surface area contributed by atoms with Gasteiger partial charge in [0, 0.05) is 28.8 Å². The number of aliphatic hydroxyl groups is 2. The molecule has 0 unspecified atom stereocenters. The second-order valence-electron chi connectivity index (χ2n) is 12.8.